The molecule has 3 aromatic rings. The summed E-state index contributed by atoms with van der Waals surface area (Å²) in [5.41, 5.74) is 2.85. The Balaban J connectivity index is 2.07. The van der Waals surface area contributed by atoms with Gasteiger partial charge in [0.15, 0.2) is 11.0 Å². The lowest BCUT2D eigenvalue weighted by Gasteiger charge is -2.18. The maximum absolute atomic E-state index is 12.6. The van der Waals surface area contributed by atoms with Crippen molar-refractivity contribution in [2.24, 2.45) is 0 Å². The van der Waals surface area contributed by atoms with E-state index >= 15 is 0 Å². The van der Waals surface area contributed by atoms with Crippen molar-refractivity contribution in [1.82, 2.24) is 19.7 Å². The summed E-state index contributed by atoms with van der Waals surface area (Å²) in [6.45, 7) is 7.39. The number of rotatable bonds is 9. The number of hydrogen-bond donors (Lipinski definition) is 0. The monoisotopic (exact) mass is 440 g/mol. The van der Waals surface area contributed by atoms with Crippen molar-refractivity contribution in [1.29, 1.82) is 0 Å². The Hall–Kier alpha value is -3.00. The number of aromatic nitrogens is 3. The number of carbonyl (C=O) groups excluding carboxylic acids is 1. The number of aryl methyl sites for hydroxylation is 1. The van der Waals surface area contributed by atoms with Gasteiger partial charge < -0.3 is 14.4 Å². The molecular weight excluding hydrogens is 412 g/mol. The van der Waals surface area contributed by atoms with Crippen LogP contribution in [0.1, 0.15) is 19.4 Å². The molecule has 0 aliphatic carbocycles. The van der Waals surface area contributed by atoms with Crippen molar-refractivity contribution >= 4 is 17.7 Å². The van der Waals surface area contributed by atoms with Gasteiger partial charge in [0.2, 0.25) is 5.91 Å². The summed E-state index contributed by atoms with van der Waals surface area (Å²) in [5.74, 6) is 2.37. The maximum Gasteiger partial charge on any atom is 0.233 e. The number of para-hydroxylation sites is 1. The topological polar surface area (TPSA) is 69.5 Å². The van der Waals surface area contributed by atoms with E-state index in [2.05, 4.69) is 10.2 Å². The van der Waals surface area contributed by atoms with Gasteiger partial charge in [-0.3, -0.25) is 9.36 Å². The summed E-state index contributed by atoms with van der Waals surface area (Å²) in [5, 5.41) is 9.56. The quantitative estimate of drug-likeness (QED) is 0.464. The van der Waals surface area contributed by atoms with Gasteiger partial charge in [-0.05, 0) is 44.5 Å². The lowest BCUT2D eigenvalue weighted by molar-refractivity contribution is -0.127. The molecule has 1 aromatic heterocycles. The van der Waals surface area contributed by atoms with Gasteiger partial charge in [0.05, 0.1) is 25.7 Å². The molecule has 1 amide bonds. The molecule has 0 saturated heterocycles. The van der Waals surface area contributed by atoms with Crippen molar-refractivity contribution in [3.63, 3.8) is 0 Å². The summed E-state index contributed by atoms with van der Waals surface area (Å²) in [4.78, 5) is 14.4. The molecule has 31 heavy (non-hydrogen) atoms. The van der Waals surface area contributed by atoms with Crippen molar-refractivity contribution < 1.29 is 14.3 Å². The van der Waals surface area contributed by atoms with Crippen LogP contribution in [0.5, 0.6) is 11.5 Å². The first kappa shape index (κ1) is 22.7. The molecular formula is C23H28N4O3S. The van der Waals surface area contributed by atoms with E-state index in [4.69, 9.17) is 9.47 Å². The zero-order chi connectivity index (χ0) is 22.4. The van der Waals surface area contributed by atoms with E-state index in [1.54, 1.807) is 14.2 Å². The zero-order valence-electron chi connectivity index (χ0n) is 18.6. The summed E-state index contributed by atoms with van der Waals surface area (Å²) in [6.07, 6.45) is 0. The molecule has 0 aliphatic rings. The molecule has 0 bridgehead atoms. The Kier molecular flexibility index (Phi) is 7.57. The molecule has 1 heterocycles. The van der Waals surface area contributed by atoms with E-state index < -0.39 is 0 Å². The van der Waals surface area contributed by atoms with E-state index in [9.17, 15) is 4.79 Å². The van der Waals surface area contributed by atoms with Gasteiger partial charge in [-0.25, -0.2) is 0 Å². The molecule has 0 saturated carbocycles. The van der Waals surface area contributed by atoms with Gasteiger partial charge in [-0.15, -0.1) is 10.2 Å². The molecule has 164 valence electrons. The van der Waals surface area contributed by atoms with Crippen molar-refractivity contribution in [3.8, 4) is 28.6 Å². The first-order valence-electron chi connectivity index (χ1n) is 10.2. The van der Waals surface area contributed by atoms with Crippen LogP contribution in [-0.4, -0.2) is 58.6 Å². The highest BCUT2D eigenvalue weighted by atomic mass is 32.2. The van der Waals surface area contributed by atoms with Crippen LogP contribution in [0.15, 0.2) is 47.6 Å². The Morgan fingerprint density at radius 2 is 1.68 bits per heavy atom. The first-order valence-corrected chi connectivity index (χ1v) is 11.2. The third-order valence-corrected chi connectivity index (χ3v) is 5.95. The highest BCUT2D eigenvalue weighted by Crippen LogP contribution is 2.33. The van der Waals surface area contributed by atoms with Crippen molar-refractivity contribution in [2.75, 3.05) is 33.1 Å². The molecule has 2 aromatic carbocycles. The fourth-order valence-electron chi connectivity index (χ4n) is 3.31. The molecule has 0 atom stereocenters. The van der Waals surface area contributed by atoms with Crippen LogP contribution < -0.4 is 9.47 Å². The average Bonchev–Trinajstić information content (AvgIpc) is 3.22. The summed E-state index contributed by atoms with van der Waals surface area (Å²) < 4.78 is 12.9. The van der Waals surface area contributed by atoms with Crippen LogP contribution in [0.25, 0.3) is 17.1 Å². The standard InChI is InChI=1S/C23H28N4O3S/c1-6-26(7-2)21(28)15-31-23-25-24-22(27(23)20-11-9-8-10-16(20)3)17-12-18(29-4)14-19(13-17)30-5/h8-14H,6-7,15H2,1-5H3. The molecule has 0 fully saturated rings. The summed E-state index contributed by atoms with van der Waals surface area (Å²) in [7, 11) is 3.23. The maximum atomic E-state index is 12.6. The minimum absolute atomic E-state index is 0.0823. The second-order valence-electron chi connectivity index (χ2n) is 6.88. The highest BCUT2D eigenvalue weighted by molar-refractivity contribution is 7.99. The normalized spacial score (nSPS) is 10.7. The average molecular weight is 441 g/mol. The van der Waals surface area contributed by atoms with Gasteiger partial charge in [0, 0.05) is 24.7 Å². The smallest absolute Gasteiger partial charge is 0.233 e. The van der Waals surface area contributed by atoms with Crippen LogP contribution in [-0.2, 0) is 4.79 Å². The Morgan fingerprint density at radius 1 is 1.03 bits per heavy atom. The number of amides is 1. The van der Waals surface area contributed by atoms with E-state index in [1.165, 1.54) is 11.8 Å². The van der Waals surface area contributed by atoms with Crippen LogP contribution in [0.2, 0.25) is 0 Å². The van der Waals surface area contributed by atoms with E-state index in [0.717, 1.165) is 16.8 Å². The molecule has 7 nitrogen and oxygen atoms in total. The molecule has 0 spiro atoms. The number of carbonyl (C=O) groups is 1. The van der Waals surface area contributed by atoms with Crippen LogP contribution in [0, 0.1) is 6.92 Å². The second-order valence-corrected chi connectivity index (χ2v) is 7.83. The number of thioether (sulfide) groups is 1. The number of methoxy groups -OCH3 is 2. The fourth-order valence-corrected chi connectivity index (χ4v) is 4.16. The number of hydrogen-bond acceptors (Lipinski definition) is 6. The van der Waals surface area contributed by atoms with E-state index in [0.29, 0.717) is 41.3 Å². The summed E-state index contributed by atoms with van der Waals surface area (Å²) >= 11 is 1.39. The van der Waals surface area contributed by atoms with Gasteiger partial charge in [0.25, 0.3) is 0 Å². The number of ether oxygens (including phenoxy) is 2. The molecule has 0 unspecified atom stereocenters. The first-order chi connectivity index (χ1) is 15.0. The van der Waals surface area contributed by atoms with Crippen molar-refractivity contribution in [3.05, 3.63) is 48.0 Å². The fraction of sp³-hybridized carbons (Fsp3) is 0.348. The lowest BCUT2D eigenvalue weighted by atomic mass is 10.1. The molecule has 0 N–H and O–H groups in total. The number of benzene rings is 2. The predicted molar refractivity (Wildman–Crippen MR) is 123 cm³/mol. The van der Waals surface area contributed by atoms with Gasteiger partial charge in [-0.2, -0.15) is 0 Å². The van der Waals surface area contributed by atoms with Crippen molar-refractivity contribution in [2.45, 2.75) is 25.9 Å². The minimum Gasteiger partial charge on any atom is -0.497 e. The van der Waals surface area contributed by atoms with E-state index in [-0.39, 0.29) is 5.91 Å². The third-order valence-electron chi connectivity index (χ3n) is 5.04. The molecule has 3 rings (SSSR count). The van der Waals surface area contributed by atoms with Gasteiger partial charge in [0.1, 0.15) is 11.5 Å². The number of nitrogens with zero attached hydrogens (tertiary/aromatic N) is 4. The van der Waals surface area contributed by atoms with Crippen LogP contribution in [0.4, 0.5) is 0 Å². The largest absolute Gasteiger partial charge is 0.497 e. The zero-order valence-corrected chi connectivity index (χ0v) is 19.4. The highest BCUT2D eigenvalue weighted by Gasteiger charge is 2.20. The van der Waals surface area contributed by atoms with Gasteiger partial charge in [-0.1, -0.05) is 30.0 Å². The Labute approximate surface area is 187 Å². The second kappa shape index (κ2) is 10.3. The minimum atomic E-state index is 0.0823. The molecule has 8 heteroatoms. The van der Waals surface area contributed by atoms with Crippen LogP contribution >= 0.6 is 11.8 Å². The van der Waals surface area contributed by atoms with E-state index in [1.807, 2.05) is 72.7 Å². The third kappa shape index (κ3) is 5.02. The Morgan fingerprint density at radius 3 is 2.26 bits per heavy atom. The summed E-state index contributed by atoms with van der Waals surface area (Å²) in [6, 6.07) is 13.7. The Bertz CT molecular complexity index is 1020. The SMILES string of the molecule is CCN(CC)C(=O)CSc1nnc(-c2cc(OC)cc(OC)c2)n1-c1ccccc1C. The van der Waals surface area contributed by atoms with Gasteiger partial charge >= 0.3 is 0 Å². The van der Waals surface area contributed by atoms with Crippen LogP contribution in [0.3, 0.4) is 0 Å². The lowest BCUT2D eigenvalue weighted by Crippen LogP contribution is -2.31. The predicted octanol–water partition coefficient (Wildman–Crippen LogP) is 4.22. The molecule has 0 aliphatic heterocycles. The molecule has 0 radical (unpaired) electrons.